The summed E-state index contributed by atoms with van der Waals surface area (Å²) >= 11 is 0. The molecule has 1 atom stereocenters. The van der Waals surface area contributed by atoms with E-state index >= 15 is 0 Å². The van der Waals surface area contributed by atoms with Crippen LogP contribution in [0.2, 0.25) is 0 Å². The van der Waals surface area contributed by atoms with Gasteiger partial charge in [0.15, 0.2) is 5.58 Å². The van der Waals surface area contributed by atoms with E-state index in [9.17, 15) is 8.42 Å². The van der Waals surface area contributed by atoms with Crippen molar-refractivity contribution >= 4 is 21.0 Å². The predicted octanol–water partition coefficient (Wildman–Crippen LogP) is 2.26. The van der Waals surface area contributed by atoms with Crippen molar-refractivity contribution < 1.29 is 12.9 Å². The van der Waals surface area contributed by atoms with E-state index < -0.39 is 10.0 Å². The number of fused-ring (bicyclic) bond motifs is 1. The molecule has 1 aromatic carbocycles. The predicted molar refractivity (Wildman–Crippen MR) is 88.8 cm³/mol. The summed E-state index contributed by atoms with van der Waals surface area (Å²) in [5.41, 5.74) is 2.13. The summed E-state index contributed by atoms with van der Waals surface area (Å²) in [6, 6.07) is 7.31. The topological polar surface area (TPSA) is 92.1 Å². The van der Waals surface area contributed by atoms with E-state index in [4.69, 9.17) is 4.52 Å². The fraction of sp³-hybridized carbons (Fsp3) is 0.375. The highest BCUT2D eigenvalue weighted by Gasteiger charge is 2.31. The van der Waals surface area contributed by atoms with Gasteiger partial charge in [-0.15, -0.1) is 0 Å². The smallest absolute Gasteiger partial charge is 0.220 e. The summed E-state index contributed by atoms with van der Waals surface area (Å²) in [6.07, 6.45) is 5.42. The molecule has 1 fully saturated rings. The van der Waals surface area contributed by atoms with Crippen molar-refractivity contribution in [2.24, 2.45) is 0 Å². The van der Waals surface area contributed by atoms with E-state index in [-0.39, 0.29) is 11.7 Å². The number of H-pyrrole nitrogens is 1. The maximum atomic E-state index is 12.8. The summed E-state index contributed by atoms with van der Waals surface area (Å²) in [5, 5.41) is 11.5. The highest BCUT2D eigenvalue weighted by atomic mass is 32.2. The van der Waals surface area contributed by atoms with Crippen LogP contribution in [0.1, 0.15) is 30.0 Å². The molecule has 0 spiro atoms. The van der Waals surface area contributed by atoms with Gasteiger partial charge in [-0.25, -0.2) is 12.7 Å². The molecule has 8 heteroatoms. The van der Waals surface area contributed by atoms with Crippen LogP contribution >= 0.6 is 0 Å². The summed E-state index contributed by atoms with van der Waals surface area (Å²) in [6.45, 7) is 1.03. The third-order valence-corrected chi connectivity index (χ3v) is 6.30. The lowest BCUT2D eigenvalue weighted by molar-refractivity contribution is 0.315. The van der Waals surface area contributed by atoms with Gasteiger partial charge in [-0.05, 0) is 30.5 Å². The summed E-state index contributed by atoms with van der Waals surface area (Å²) in [7, 11) is -3.44. The molecule has 3 aromatic rings. The van der Waals surface area contributed by atoms with E-state index in [2.05, 4.69) is 15.4 Å². The number of hydrogen-bond acceptors (Lipinski definition) is 5. The van der Waals surface area contributed by atoms with Crippen molar-refractivity contribution in [3.8, 4) is 0 Å². The molecule has 3 heterocycles. The minimum atomic E-state index is -3.44. The molecule has 4 rings (SSSR count). The SMILES string of the molecule is O=S(=O)(Cc1noc2ccccc12)N1CCC[C@H](c2cn[nH]c2)C1. The number of aromatic nitrogens is 3. The van der Waals surface area contributed by atoms with Crippen molar-refractivity contribution in [3.05, 3.63) is 47.9 Å². The van der Waals surface area contributed by atoms with Crippen LogP contribution in [-0.4, -0.2) is 41.2 Å². The van der Waals surface area contributed by atoms with Gasteiger partial charge in [0.05, 0.1) is 6.20 Å². The Morgan fingerprint density at radius 3 is 3.04 bits per heavy atom. The van der Waals surface area contributed by atoms with Crippen molar-refractivity contribution in [2.45, 2.75) is 24.5 Å². The minimum absolute atomic E-state index is 0.137. The normalized spacial score (nSPS) is 19.8. The lowest BCUT2D eigenvalue weighted by Gasteiger charge is -2.31. The first-order valence-electron chi connectivity index (χ1n) is 7.93. The quantitative estimate of drug-likeness (QED) is 0.782. The molecule has 126 valence electrons. The van der Waals surface area contributed by atoms with Crippen LogP contribution in [0.4, 0.5) is 0 Å². The monoisotopic (exact) mass is 346 g/mol. The minimum Gasteiger partial charge on any atom is -0.356 e. The van der Waals surface area contributed by atoms with Gasteiger partial charge in [0.25, 0.3) is 0 Å². The first-order valence-corrected chi connectivity index (χ1v) is 9.54. The van der Waals surface area contributed by atoms with Crippen molar-refractivity contribution in [3.63, 3.8) is 0 Å². The second-order valence-corrected chi connectivity index (χ2v) is 8.08. The second kappa shape index (κ2) is 6.03. The number of piperidine rings is 1. The molecular weight excluding hydrogens is 328 g/mol. The number of nitrogens with one attached hydrogen (secondary N) is 1. The maximum Gasteiger partial charge on any atom is 0.220 e. The van der Waals surface area contributed by atoms with Gasteiger partial charge in [-0.2, -0.15) is 5.10 Å². The van der Waals surface area contributed by atoms with Gasteiger partial charge in [0.2, 0.25) is 10.0 Å². The van der Waals surface area contributed by atoms with Crippen LogP contribution < -0.4 is 0 Å². The average Bonchev–Trinajstić information content (AvgIpc) is 3.25. The van der Waals surface area contributed by atoms with E-state index in [1.54, 1.807) is 16.6 Å². The average molecular weight is 346 g/mol. The number of aromatic amines is 1. The molecular formula is C16H18N4O3S. The zero-order chi connectivity index (χ0) is 16.6. The van der Waals surface area contributed by atoms with Crippen LogP contribution in [0.3, 0.4) is 0 Å². The van der Waals surface area contributed by atoms with Crippen LogP contribution in [0.25, 0.3) is 11.0 Å². The molecule has 24 heavy (non-hydrogen) atoms. The van der Waals surface area contributed by atoms with Crippen molar-refractivity contribution in [1.82, 2.24) is 19.7 Å². The fourth-order valence-corrected chi connectivity index (χ4v) is 4.81. The number of hydrogen-bond donors (Lipinski definition) is 1. The molecule has 0 unspecified atom stereocenters. The van der Waals surface area contributed by atoms with E-state index in [1.165, 1.54) is 0 Å². The summed E-state index contributed by atoms with van der Waals surface area (Å²) in [5.74, 6) is 0.0450. The van der Waals surface area contributed by atoms with Crippen LogP contribution in [0, 0.1) is 0 Å². The van der Waals surface area contributed by atoms with Crippen LogP contribution in [0.15, 0.2) is 41.2 Å². The summed E-state index contributed by atoms with van der Waals surface area (Å²) < 4.78 is 32.4. The molecule has 0 aliphatic carbocycles. The Morgan fingerprint density at radius 1 is 1.33 bits per heavy atom. The van der Waals surface area contributed by atoms with Gasteiger partial charge < -0.3 is 4.52 Å². The van der Waals surface area contributed by atoms with Gasteiger partial charge in [-0.3, -0.25) is 5.10 Å². The Labute approximate surface area is 139 Å². The number of para-hydroxylation sites is 1. The Bertz CT molecular complexity index is 933. The molecule has 0 radical (unpaired) electrons. The van der Waals surface area contributed by atoms with Gasteiger partial charge in [0, 0.05) is 30.6 Å². The van der Waals surface area contributed by atoms with Crippen molar-refractivity contribution in [2.75, 3.05) is 13.1 Å². The molecule has 2 aromatic heterocycles. The van der Waals surface area contributed by atoms with Gasteiger partial charge >= 0.3 is 0 Å². The molecule has 0 bridgehead atoms. The maximum absolute atomic E-state index is 12.8. The van der Waals surface area contributed by atoms with Gasteiger partial charge in [0.1, 0.15) is 11.4 Å². The molecule has 7 nitrogen and oxygen atoms in total. The first-order chi connectivity index (χ1) is 11.6. The molecule has 1 aliphatic heterocycles. The molecule has 0 amide bonds. The Kier molecular flexibility index (Phi) is 3.85. The number of benzene rings is 1. The molecule has 1 aliphatic rings. The Balaban J connectivity index is 1.56. The van der Waals surface area contributed by atoms with E-state index in [0.29, 0.717) is 24.4 Å². The highest BCUT2D eigenvalue weighted by molar-refractivity contribution is 7.88. The molecule has 1 N–H and O–H groups in total. The number of rotatable bonds is 4. The van der Waals surface area contributed by atoms with E-state index in [1.807, 2.05) is 24.4 Å². The highest BCUT2D eigenvalue weighted by Crippen LogP contribution is 2.29. The molecule has 1 saturated heterocycles. The molecule has 0 saturated carbocycles. The number of nitrogens with zero attached hydrogens (tertiary/aromatic N) is 3. The zero-order valence-corrected chi connectivity index (χ0v) is 13.9. The third kappa shape index (κ3) is 2.83. The lowest BCUT2D eigenvalue weighted by Crippen LogP contribution is -2.39. The summed E-state index contributed by atoms with van der Waals surface area (Å²) in [4.78, 5) is 0. The Hall–Kier alpha value is -2.19. The second-order valence-electron chi connectivity index (χ2n) is 6.11. The fourth-order valence-electron chi connectivity index (χ4n) is 3.26. The standard InChI is InChI=1S/C16H18N4O3S/c21-24(22,11-15-14-5-1-2-6-16(14)23-19-15)20-7-3-4-12(10-20)13-8-17-18-9-13/h1-2,5-6,8-9,12H,3-4,7,10-11H2,(H,17,18)/t12-/m0/s1. The van der Waals surface area contributed by atoms with Gasteiger partial charge in [-0.1, -0.05) is 17.3 Å². The van der Waals surface area contributed by atoms with E-state index in [0.717, 1.165) is 23.8 Å². The Morgan fingerprint density at radius 2 is 2.21 bits per heavy atom. The lowest BCUT2D eigenvalue weighted by atomic mass is 9.94. The van der Waals surface area contributed by atoms with Crippen molar-refractivity contribution in [1.29, 1.82) is 0 Å². The van der Waals surface area contributed by atoms with Crippen LogP contribution in [0.5, 0.6) is 0 Å². The third-order valence-electron chi connectivity index (χ3n) is 4.54. The van der Waals surface area contributed by atoms with Crippen LogP contribution in [-0.2, 0) is 15.8 Å². The zero-order valence-electron chi connectivity index (χ0n) is 13.1. The largest absolute Gasteiger partial charge is 0.356 e. The first kappa shape index (κ1) is 15.3. The number of sulfonamides is 1.